The van der Waals surface area contributed by atoms with Gasteiger partial charge in [0.15, 0.2) is 0 Å². The summed E-state index contributed by atoms with van der Waals surface area (Å²) in [6.45, 7) is 0. The van der Waals surface area contributed by atoms with Crippen molar-refractivity contribution >= 4 is 18.1 Å². The van der Waals surface area contributed by atoms with E-state index >= 15 is 0 Å². The molecule has 2 aromatic rings. The zero-order valence-corrected chi connectivity index (χ0v) is 11.1. The van der Waals surface area contributed by atoms with Crippen molar-refractivity contribution in [1.29, 1.82) is 0 Å². The second kappa shape index (κ2) is 6.40. The number of hydrogen-bond acceptors (Lipinski definition) is 5. The molecule has 7 nitrogen and oxygen atoms in total. The predicted molar refractivity (Wildman–Crippen MR) is 73.6 cm³/mol. The topological polar surface area (TPSA) is 110 Å². The molecule has 0 fully saturated rings. The van der Waals surface area contributed by atoms with Gasteiger partial charge in [-0.15, -0.1) is 0 Å². The summed E-state index contributed by atoms with van der Waals surface area (Å²) in [6.07, 6.45) is -3.12. The van der Waals surface area contributed by atoms with Crippen molar-refractivity contribution in [3.63, 3.8) is 0 Å². The summed E-state index contributed by atoms with van der Waals surface area (Å²) in [5.41, 5.74) is -0.0438. The molecule has 0 atom stereocenters. The highest BCUT2D eigenvalue weighted by Gasteiger charge is 2.20. The van der Waals surface area contributed by atoms with Crippen LogP contribution in [0.1, 0.15) is 15.9 Å². The Hall–Kier alpha value is -3.35. The van der Waals surface area contributed by atoms with Gasteiger partial charge >= 0.3 is 12.3 Å². The highest BCUT2D eigenvalue weighted by Crippen LogP contribution is 2.26. The Morgan fingerprint density at radius 2 is 1.05 bits per heavy atom. The zero-order valence-electron chi connectivity index (χ0n) is 11.1. The third-order valence-corrected chi connectivity index (χ3v) is 2.66. The first-order valence-electron chi connectivity index (χ1n) is 6.03. The summed E-state index contributed by atoms with van der Waals surface area (Å²) < 4.78 is 9.10. The molecule has 0 amide bonds. The normalized spacial score (nSPS) is 9.82. The molecule has 0 heterocycles. The second-order valence-electron chi connectivity index (χ2n) is 4.06. The first-order chi connectivity index (χ1) is 10.5. The molecule has 2 aromatic carbocycles. The van der Waals surface area contributed by atoms with E-state index in [2.05, 4.69) is 9.47 Å². The van der Waals surface area contributed by atoms with Crippen LogP contribution in [0.15, 0.2) is 48.5 Å². The Bertz CT molecular complexity index is 675. The number of carboxylic acid groups (broad SMARTS) is 2. The zero-order chi connectivity index (χ0) is 16.1. The lowest BCUT2D eigenvalue weighted by molar-refractivity contribution is 0.103. The van der Waals surface area contributed by atoms with Gasteiger partial charge in [-0.25, -0.2) is 9.59 Å². The molecule has 2 N–H and O–H groups in total. The minimum atomic E-state index is -1.56. The highest BCUT2D eigenvalue weighted by atomic mass is 16.7. The summed E-state index contributed by atoms with van der Waals surface area (Å²) in [6, 6.07) is 11.5. The van der Waals surface area contributed by atoms with Crippen molar-refractivity contribution in [2.75, 3.05) is 0 Å². The molecule has 0 bridgehead atoms. The molecule has 112 valence electrons. The van der Waals surface area contributed by atoms with Gasteiger partial charge in [0.1, 0.15) is 11.5 Å². The Balaban J connectivity index is 2.45. The van der Waals surface area contributed by atoms with Crippen LogP contribution in [0.5, 0.6) is 11.5 Å². The fourth-order valence-corrected chi connectivity index (χ4v) is 1.82. The van der Waals surface area contributed by atoms with E-state index in [1.54, 1.807) is 0 Å². The number of para-hydroxylation sites is 2. The molecule has 0 spiro atoms. The fourth-order valence-electron chi connectivity index (χ4n) is 1.82. The lowest BCUT2D eigenvalue weighted by Crippen LogP contribution is -2.12. The maximum atomic E-state index is 12.5. The molecule has 0 aliphatic rings. The molecular formula is C15H10O7. The van der Waals surface area contributed by atoms with Gasteiger partial charge < -0.3 is 19.7 Å². The van der Waals surface area contributed by atoms with Crippen LogP contribution in [0.25, 0.3) is 0 Å². The molecular weight excluding hydrogens is 292 g/mol. The molecule has 0 unspecified atom stereocenters. The molecule has 7 heteroatoms. The summed E-state index contributed by atoms with van der Waals surface area (Å²) in [5, 5.41) is 17.4. The smallest absolute Gasteiger partial charge is 0.449 e. The number of ketones is 1. The van der Waals surface area contributed by atoms with Gasteiger partial charge in [-0.3, -0.25) is 4.79 Å². The lowest BCUT2D eigenvalue weighted by atomic mass is 10.0. The number of rotatable bonds is 4. The predicted octanol–water partition coefficient (Wildman–Crippen LogP) is 3.03. The van der Waals surface area contributed by atoms with E-state index in [1.165, 1.54) is 48.5 Å². The van der Waals surface area contributed by atoms with Gasteiger partial charge in [-0.2, -0.15) is 0 Å². The van der Waals surface area contributed by atoms with Crippen molar-refractivity contribution in [1.82, 2.24) is 0 Å². The molecule has 22 heavy (non-hydrogen) atoms. The Kier molecular flexibility index (Phi) is 4.38. The first kappa shape index (κ1) is 15.0. The number of carbonyl (C=O) groups is 3. The quantitative estimate of drug-likeness (QED) is 0.507. The van der Waals surface area contributed by atoms with Gasteiger partial charge in [-0.1, -0.05) is 24.3 Å². The maximum Gasteiger partial charge on any atom is 0.511 e. The molecule has 0 saturated carbocycles. The van der Waals surface area contributed by atoms with Crippen LogP contribution in [0, 0.1) is 0 Å². The van der Waals surface area contributed by atoms with Crippen molar-refractivity contribution < 1.29 is 34.1 Å². The molecule has 0 saturated heterocycles. The third-order valence-electron chi connectivity index (χ3n) is 2.66. The number of carbonyl (C=O) groups excluding carboxylic acids is 1. The Morgan fingerprint density at radius 1 is 0.682 bits per heavy atom. The third kappa shape index (κ3) is 3.40. The van der Waals surface area contributed by atoms with Crippen LogP contribution in [0.2, 0.25) is 0 Å². The summed E-state index contributed by atoms with van der Waals surface area (Å²) in [7, 11) is 0. The maximum absolute atomic E-state index is 12.5. The van der Waals surface area contributed by atoms with Crippen molar-refractivity contribution in [3.05, 3.63) is 59.7 Å². The van der Waals surface area contributed by atoms with Gasteiger partial charge in [-0.05, 0) is 24.3 Å². The van der Waals surface area contributed by atoms with E-state index in [0.717, 1.165) is 0 Å². The minimum absolute atomic E-state index is 0.0219. The van der Waals surface area contributed by atoms with Crippen LogP contribution in [-0.4, -0.2) is 28.3 Å². The van der Waals surface area contributed by atoms with Crippen LogP contribution in [0.3, 0.4) is 0 Å². The highest BCUT2D eigenvalue weighted by molar-refractivity contribution is 6.12. The van der Waals surface area contributed by atoms with E-state index in [1.807, 2.05) is 0 Å². The van der Waals surface area contributed by atoms with E-state index in [0.29, 0.717) is 0 Å². The average molecular weight is 302 g/mol. The van der Waals surface area contributed by atoms with Gasteiger partial charge in [0.05, 0.1) is 11.1 Å². The molecule has 0 radical (unpaired) electrons. The van der Waals surface area contributed by atoms with Crippen molar-refractivity contribution in [2.45, 2.75) is 0 Å². The summed E-state index contributed by atoms with van der Waals surface area (Å²) >= 11 is 0. The van der Waals surface area contributed by atoms with E-state index in [4.69, 9.17) is 10.2 Å². The fraction of sp³-hybridized carbons (Fsp3) is 0. The summed E-state index contributed by atoms with van der Waals surface area (Å²) in [5.74, 6) is -0.913. The second-order valence-corrected chi connectivity index (χ2v) is 4.06. The SMILES string of the molecule is O=C(O)Oc1ccccc1C(=O)c1ccccc1OC(=O)O. The Labute approximate surface area is 124 Å². The average Bonchev–Trinajstić information content (AvgIpc) is 2.46. The van der Waals surface area contributed by atoms with Crippen LogP contribution < -0.4 is 9.47 Å². The van der Waals surface area contributed by atoms with Crippen molar-refractivity contribution in [2.24, 2.45) is 0 Å². The van der Waals surface area contributed by atoms with Crippen molar-refractivity contribution in [3.8, 4) is 11.5 Å². The largest absolute Gasteiger partial charge is 0.511 e. The molecule has 2 rings (SSSR count). The first-order valence-corrected chi connectivity index (χ1v) is 6.03. The van der Waals surface area contributed by atoms with Gasteiger partial charge in [0, 0.05) is 0 Å². The van der Waals surface area contributed by atoms with Gasteiger partial charge in [0.25, 0.3) is 0 Å². The van der Waals surface area contributed by atoms with Crippen LogP contribution >= 0.6 is 0 Å². The van der Waals surface area contributed by atoms with E-state index in [-0.39, 0.29) is 22.6 Å². The number of hydrogen-bond donors (Lipinski definition) is 2. The lowest BCUT2D eigenvalue weighted by Gasteiger charge is -2.09. The molecule has 0 aliphatic heterocycles. The molecule has 0 aromatic heterocycles. The van der Waals surface area contributed by atoms with Crippen LogP contribution in [-0.2, 0) is 0 Å². The van der Waals surface area contributed by atoms with Gasteiger partial charge in [0.2, 0.25) is 5.78 Å². The standard InChI is InChI=1S/C15H10O7/c16-13(9-5-1-3-7-11(9)21-14(17)18)10-6-2-4-8-12(10)22-15(19)20/h1-8H,(H,17,18)(H,19,20). The van der Waals surface area contributed by atoms with E-state index in [9.17, 15) is 14.4 Å². The molecule has 0 aliphatic carbocycles. The Morgan fingerprint density at radius 3 is 1.41 bits per heavy atom. The monoisotopic (exact) mass is 302 g/mol. The number of ether oxygens (including phenoxy) is 2. The summed E-state index contributed by atoms with van der Waals surface area (Å²) in [4.78, 5) is 33.8. The number of benzene rings is 2. The van der Waals surface area contributed by atoms with Crippen LogP contribution in [0.4, 0.5) is 9.59 Å². The van der Waals surface area contributed by atoms with E-state index < -0.39 is 18.1 Å². The minimum Gasteiger partial charge on any atom is -0.449 e.